The van der Waals surface area contributed by atoms with Gasteiger partial charge in [0.25, 0.3) is 11.8 Å². The van der Waals surface area contributed by atoms with Crippen LogP contribution >= 0.6 is 34.5 Å². The topological polar surface area (TPSA) is 53.5 Å². The van der Waals surface area contributed by atoms with Gasteiger partial charge in [-0.3, -0.25) is 9.59 Å². The lowest BCUT2D eigenvalue weighted by atomic mass is 9.92. The summed E-state index contributed by atoms with van der Waals surface area (Å²) < 4.78 is 135. The summed E-state index contributed by atoms with van der Waals surface area (Å²) in [4.78, 5) is 30.6. The Hall–Kier alpha value is -3.15. The number of anilines is 2. The van der Waals surface area contributed by atoms with E-state index in [0.717, 1.165) is 39.9 Å². The average molecular weight is 728 g/mol. The first kappa shape index (κ1) is 32.4. The van der Waals surface area contributed by atoms with Crippen LogP contribution in [-0.2, 0) is 11.8 Å². The molecular weight excluding hydrogens is 715 g/mol. The van der Waals surface area contributed by atoms with Gasteiger partial charge in [-0.05, 0) is 42.5 Å². The van der Waals surface area contributed by atoms with Crippen LogP contribution < -0.4 is 8.01 Å². The Labute approximate surface area is 243 Å². The van der Waals surface area contributed by atoms with Crippen LogP contribution in [0.25, 0.3) is 0 Å². The molecule has 0 aliphatic rings. The molecule has 0 unspecified atom stereocenters. The van der Waals surface area contributed by atoms with Crippen molar-refractivity contribution in [1.29, 1.82) is 0 Å². The van der Waals surface area contributed by atoms with Gasteiger partial charge in [-0.1, -0.05) is 23.7 Å². The monoisotopic (exact) mass is 727 g/mol. The van der Waals surface area contributed by atoms with Crippen molar-refractivity contribution in [1.82, 2.24) is 4.98 Å². The Morgan fingerprint density at radius 3 is 1.93 bits per heavy atom. The smallest absolute Gasteiger partial charge is 0.311 e. The summed E-state index contributed by atoms with van der Waals surface area (Å²) in [7, 11) is 1.31. The Morgan fingerprint density at radius 2 is 1.41 bits per heavy atom. The lowest BCUT2D eigenvalue weighted by Gasteiger charge is -2.31. The van der Waals surface area contributed by atoms with Crippen molar-refractivity contribution in [3.63, 3.8) is 0 Å². The van der Waals surface area contributed by atoms with Crippen LogP contribution in [0.3, 0.4) is 0 Å². The summed E-state index contributed by atoms with van der Waals surface area (Å²) in [5, 5.41) is 0.110. The van der Waals surface area contributed by atoms with E-state index in [1.807, 2.05) is 0 Å². The van der Waals surface area contributed by atoms with Crippen molar-refractivity contribution >= 4 is 57.7 Å². The van der Waals surface area contributed by atoms with Crippen LogP contribution in [0.15, 0.2) is 60.8 Å². The van der Waals surface area contributed by atoms with E-state index in [-0.39, 0.29) is 37.2 Å². The van der Waals surface area contributed by atoms with Gasteiger partial charge in [-0.15, -0.1) is 0 Å². The highest BCUT2D eigenvalue weighted by molar-refractivity contribution is 14.1. The summed E-state index contributed by atoms with van der Waals surface area (Å²) >= 11 is 6.76. The van der Waals surface area contributed by atoms with Crippen molar-refractivity contribution in [2.24, 2.45) is 0 Å². The summed E-state index contributed by atoms with van der Waals surface area (Å²) in [6, 6.07) is 6.96. The molecule has 5 nitrogen and oxygen atoms in total. The van der Waals surface area contributed by atoms with E-state index in [2.05, 4.69) is 4.98 Å². The van der Waals surface area contributed by atoms with E-state index in [0.29, 0.717) is 0 Å². The fraction of sp³-hybridized carbons (Fsp3) is 0.208. The Kier molecular flexibility index (Phi) is 8.89. The number of halogens is 12. The van der Waals surface area contributed by atoms with E-state index in [1.54, 1.807) is 0 Å². The zero-order valence-corrected chi connectivity index (χ0v) is 22.9. The minimum Gasteiger partial charge on any atom is -0.311 e. The summed E-state index contributed by atoms with van der Waals surface area (Å²) in [5.41, 5.74) is -11.9. The minimum absolute atomic E-state index is 0.0876. The maximum Gasteiger partial charge on any atom is 0.435 e. The number of aromatic nitrogens is 1. The number of benzene rings is 2. The zero-order chi connectivity index (χ0) is 31.1. The first-order chi connectivity index (χ1) is 18.7. The molecule has 0 radical (unpaired) electrons. The number of nitrogens with zero attached hydrogens (tertiary/aromatic N) is 3. The largest absolute Gasteiger partial charge is 0.435 e. The molecular formula is C24H13ClF10IN3O2. The first-order valence-corrected chi connectivity index (χ1v) is 12.1. The van der Waals surface area contributed by atoms with Crippen LogP contribution in [0, 0.1) is 0 Å². The van der Waals surface area contributed by atoms with E-state index in [4.69, 9.17) is 11.6 Å². The maximum absolute atomic E-state index is 14.4. The molecule has 2 amide bonds. The Balaban J connectivity index is 2.02. The number of hydrogen-bond donors (Lipinski definition) is 0. The number of pyridine rings is 1. The van der Waals surface area contributed by atoms with Gasteiger partial charge in [0.1, 0.15) is 5.15 Å². The molecule has 0 N–H and O–H groups in total. The van der Waals surface area contributed by atoms with Gasteiger partial charge in [0, 0.05) is 30.1 Å². The van der Waals surface area contributed by atoms with Crippen LogP contribution in [0.2, 0.25) is 5.15 Å². The summed E-state index contributed by atoms with van der Waals surface area (Å²) in [6.07, 6.45) is -17.7. The molecule has 220 valence electrons. The maximum atomic E-state index is 14.4. The highest BCUT2D eigenvalue weighted by Gasteiger charge is 2.73. The summed E-state index contributed by atoms with van der Waals surface area (Å²) in [6.45, 7) is 0. The van der Waals surface area contributed by atoms with Gasteiger partial charge in [-0.2, -0.15) is 39.5 Å². The van der Waals surface area contributed by atoms with Crippen LogP contribution in [0.4, 0.5) is 55.3 Å². The van der Waals surface area contributed by atoms with Crippen molar-refractivity contribution in [3.05, 3.63) is 88.2 Å². The molecule has 0 aliphatic heterocycles. The molecule has 0 bridgehead atoms. The lowest BCUT2D eigenvalue weighted by molar-refractivity contribution is -0.348. The zero-order valence-electron chi connectivity index (χ0n) is 20.0. The third kappa shape index (κ3) is 6.37. The fourth-order valence-electron chi connectivity index (χ4n) is 3.52. The van der Waals surface area contributed by atoms with Gasteiger partial charge in [-0.25, -0.2) is 12.5 Å². The lowest BCUT2D eigenvalue weighted by Crippen LogP contribution is -2.50. The molecule has 0 saturated heterocycles. The molecule has 0 saturated carbocycles. The minimum atomic E-state index is -6.65. The van der Waals surface area contributed by atoms with E-state index >= 15 is 0 Å². The van der Waals surface area contributed by atoms with Gasteiger partial charge < -0.3 is 4.90 Å². The normalized spacial score (nSPS) is 12.7. The number of carbonyl (C=O) groups is 2. The van der Waals surface area contributed by atoms with Crippen LogP contribution in [0.5, 0.6) is 0 Å². The number of amides is 2. The Bertz CT molecular complexity index is 1450. The van der Waals surface area contributed by atoms with E-state index in [9.17, 15) is 53.5 Å². The van der Waals surface area contributed by atoms with Gasteiger partial charge >= 0.3 is 24.2 Å². The molecule has 17 heteroatoms. The highest BCUT2D eigenvalue weighted by Crippen LogP contribution is 2.54. The molecule has 1 heterocycles. The van der Waals surface area contributed by atoms with Crippen molar-refractivity contribution in [2.45, 2.75) is 24.2 Å². The van der Waals surface area contributed by atoms with E-state index in [1.165, 1.54) is 37.5 Å². The second-order valence-corrected chi connectivity index (χ2v) is 9.61. The highest BCUT2D eigenvalue weighted by atomic mass is 127. The molecule has 0 aliphatic carbocycles. The van der Waals surface area contributed by atoms with Gasteiger partial charge in [0.15, 0.2) is 0 Å². The van der Waals surface area contributed by atoms with Gasteiger partial charge in [0.2, 0.25) is 0 Å². The quantitative estimate of drug-likeness (QED) is 0.115. The van der Waals surface area contributed by atoms with Crippen molar-refractivity contribution in [3.8, 4) is 0 Å². The van der Waals surface area contributed by atoms with Crippen molar-refractivity contribution in [2.75, 3.05) is 15.1 Å². The number of hydrogen-bond acceptors (Lipinski definition) is 3. The molecule has 2 aromatic carbocycles. The molecule has 3 rings (SSSR count). The molecule has 1 aromatic heterocycles. The second-order valence-electron chi connectivity index (χ2n) is 8.25. The second kappa shape index (κ2) is 11.3. The fourth-order valence-corrected chi connectivity index (χ4v) is 4.33. The number of carbonyl (C=O) groups excluding carboxylic acids is 2. The molecule has 41 heavy (non-hydrogen) atoms. The standard InChI is InChI=1S/C24H13ClF10IN3O2/c1-38(19(40)13-5-8-18(25)37-11-13)15-4-2-3-12(9-15)20(41)39(36)17-7-6-14(10-16(17)22(27,28)29)21(26,23(30,31)32)24(33,34)35/h2-11H,1H3. The molecule has 0 fully saturated rings. The molecule has 0 atom stereocenters. The third-order valence-corrected chi connectivity index (χ3v) is 6.81. The number of rotatable bonds is 5. The molecule has 0 spiro atoms. The SMILES string of the molecule is CN(C(=O)c1ccc(Cl)nc1)c1cccc(C(=O)N(I)c2ccc(C(F)(C(F)(F)F)C(F)(F)F)cc2C(F)(F)F)c1. The Morgan fingerprint density at radius 1 is 0.805 bits per heavy atom. The van der Waals surface area contributed by atoms with Crippen LogP contribution in [0.1, 0.15) is 31.8 Å². The number of alkyl halides is 10. The van der Waals surface area contributed by atoms with Crippen molar-refractivity contribution < 1.29 is 53.5 Å². The predicted octanol–water partition coefficient (Wildman–Crippen LogP) is 8.32. The first-order valence-electron chi connectivity index (χ1n) is 10.7. The van der Waals surface area contributed by atoms with E-state index < -0.39 is 58.9 Å². The third-order valence-electron chi connectivity index (χ3n) is 5.63. The summed E-state index contributed by atoms with van der Waals surface area (Å²) in [5.74, 6) is -1.80. The van der Waals surface area contributed by atoms with Gasteiger partial charge in [0.05, 0.1) is 39.7 Å². The predicted molar refractivity (Wildman–Crippen MR) is 136 cm³/mol. The van der Waals surface area contributed by atoms with Crippen LogP contribution in [-0.4, -0.2) is 36.2 Å². The molecule has 3 aromatic rings. The average Bonchev–Trinajstić information content (AvgIpc) is 2.89.